The lowest BCUT2D eigenvalue weighted by Gasteiger charge is -2.29. The molecule has 0 aliphatic heterocycles. The van der Waals surface area contributed by atoms with Gasteiger partial charge >= 0.3 is 0 Å². The Labute approximate surface area is 120 Å². The zero-order valence-corrected chi connectivity index (χ0v) is 12.3. The molecule has 1 N–H and O–H groups in total. The summed E-state index contributed by atoms with van der Waals surface area (Å²) in [6.07, 6.45) is 2.33. The molecule has 0 amide bonds. The molecule has 4 heteroatoms. The van der Waals surface area contributed by atoms with E-state index in [4.69, 9.17) is 5.11 Å². The average molecular weight is 281 g/mol. The number of ketones is 1. The molecule has 1 rings (SSSR count). The standard InChI is InChI=1S/C16H24FNO2/c1-3-15(4-2)18(10-11-19)9-8-16(20)13-6-5-7-14(17)12-13/h5-7,12,15,19H,3-4,8-11H2,1-2H3. The molecule has 0 aliphatic rings. The predicted octanol–water partition coefficient (Wildman–Crippen LogP) is 2.88. The second-order valence-electron chi connectivity index (χ2n) is 4.91. The van der Waals surface area contributed by atoms with E-state index in [1.807, 2.05) is 0 Å². The molecule has 0 saturated heterocycles. The number of aliphatic hydroxyl groups excluding tert-OH is 1. The Morgan fingerprint density at radius 3 is 2.55 bits per heavy atom. The minimum Gasteiger partial charge on any atom is -0.395 e. The van der Waals surface area contributed by atoms with Gasteiger partial charge in [0, 0.05) is 31.1 Å². The fourth-order valence-corrected chi connectivity index (χ4v) is 2.46. The van der Waals surface area contributed by atoms with Crippen LogP contribution in [0.25, 0.3) is 0 Å². The summed E-state index contributed by atoms with van der Waals surface area (Å²) in [4.78, 5) is 14.2. The van der Waals surface area contributed by atoms with Gasteiger partial charge in [0.05, 0.1) is 6.61 Å². The fraction of sp³-hybridized carbons (Fsp3) is 0.562. The summed E-state index contributed by atoms with van der Waals surface area (Å²) in [6, 6.07) is 6.17. The number of carbonyl (C=O) groups excluding carboxylic acids is 1. The van der Waals surface area contributed by atoms with Gasteiger partial charge in [-0.05, 0) is 25.0 Å². The Morgan fingerprint density at radius 1 is 1.30 bits per heavy atom. The van der Waals surface area contributed by atoms with Gasteiger partial charge < -0.3 is 5.11 Å². The highest BCUT2D eigenvalue weighted by Crippen LogP contribution is 2.11. The van der Waals surface area contributed by atoms with Crippen molar-refractivity contribution in [3.63, 3.8) is 0 Å². The molecule has 0 radical (unpaired) electrons. The van der Waals surface area contributed by atoms with Crippen LogP contribution in [0.2, 0.25) is 0 Å². The van der Waals surface area contributed by atoms with Crippen molar-refractivity contribution in [1.82, 2.24) is 4.90 Å². The Morgan fingerprint density at radius 2 is 2.00 bits per heavy atom. The third-order valence-electron chi connectivity index (χ3n) is 3.62. The summed E-state index contributed by atoms with van der Waals surface area (Å²) in [6.45, 7) is 5.47. The van der Waals surface area contributed by atoms with Crippen LogP contribution in [0.1, 0.15) is 43.5 Å². The molecule has 3 nitrogen and oxygen atoms in total. The lowest BCUT2D eigenvalue weighted by Crippen LogP contribution is -2.38. The maximum Gasteiger partial charge on any atom is 0.164 e. The lowest BCUT2D eigenvalue weighted by atomic mass is 10.1. The van der Waals surface area contributed by atoms with E-state index in [-0.39, 0.29) is 18.2 Å². The molecule has 0 atom stereocenters. The summed E-state index contributed by atoms with van der Waals surface area (Å²) in [5.74, 6) is -0.443. The molecule has 112 valence electrons. The van der Waals surface area contributed by atoms with E-state index >= 15 is 0 Å². The summed E-state index contributed by atoms with van der Waals surface area (Å²) in [7, 11) is 0. The van der Waals surface area contributed by atoms with Gasteiger partial charge in [-0.2, -0.15) is 0 Å². The Hall–Kier alpha value is -1.26. The van der Waals surface area contributed by atoms with Crippen LogP contribution >= 0.6 is 0 Å². The molecule has 0 bridgehead atoms. The number of aliphatic hydroxyl groups is 1. The molecule has 20 heavy (non-hydrogen) atoms. The van der Waals surface area contributed by atoms with Crippen LogP contribution in [0.3, 0.4) is 0 Å². The van der Waals surface area contributed by atoms with Crippen molar-refractivity contribution in [2.75, 3.05) is 19.7 Å². The first kappa shape index (κ1) is 16.8. The summed E-state index contributed by atoms with van der Waals surface area (Å²) < 4.78 is 13.1. The minimum absolute atomic E-state index is 0.0570. The topological polar surface area (TPSA) is 40.5 Å². The Bertz CT molecular complexity index is 419. The Balaban J connectivity index is 2.60. The third kappa shape index (κ3) is 5.02. The van der Waals surface area contributed by atoms with Crippen molar-refractivity contribution in [3.8, 4) is 0 Å². The van der Waals surface area contributed by atoms with Crippen molar-refractivity contribution in [2.45, 2.75) is 39.2 Å². The molecule has 0 aromatic heterocycles. The van der Waals surface area contributed by atoms with Gasteiger partial charge in [0.2, 0.25) is 0 Å². The van der Waals surface area contributed by atoms with Gasteiger partial charge in [0.1, 0.15) is 5.82 Å². The van der Waals surface area contributed by atoms with Crippen molar-refractivity contribution in [1.29, 1.82) is 0 Å². The molecule has 0 aliphatic carbocycles. The summed E-state index contributed by atoms with van der Waals surface area (Å²) >= 11 is 0. The van der Waals surface area contributed by atoms with Gasteiger partial charge in [0.25, 0.3) is 0 Å². The van der Waals surface area contributed by atoms with Crippen molar-refractivity contribution < 1.29 is 14.3 Å². The molecule has 0 fully saturated rings. The van der Waals surface area contributed by atoms with Gasteiger partial charge in [-0.3, -0.25) is 9.69 Å². The summed E-state index contributed by atoms with van der Waals surface area (Å²) in [5.41, 5.74) is 0.415. The number of hydrogen-bond acceptors (Lipinski definition) is 3. The largest absolute Gasteiger partial charge is 0.395 e. The van der Waals surface area contributed by atoms with E-state index in [0.29, 0.717) is 31.1 Å². The number of halogens is 1. The average Bonchev–Trinajstić information content (AvgIpc) is 2.45. The quantitative estimate of drug-likeness (QED) is 0.708. The first-order chi connectivity index (χ1) is 9.62. The van der Waals surface area contributed by atoms with Crippen LogP contribution in [-0.2, 0) is 0 Å². The first-order valence-corrected chi connectivity index (χ1v) is 7.26. The van der Waals surface area contributed by atoms with Crippen molar-refractivity contribution in [2.24, 2.45) is 0 Å². The number of hydrogen-bond donors (Lipinski definition) is 1. The molecule has 0 heterocycles. The minimum atomic E-state index is -0.386. The second-order valence-corrected chi connectivity index (χ2v) is 4.91. The molecular weight excluding hydrogens is 257 g/mol. The molecule has 1 aromatic carbocycles. The van der Waals surface area contributed by atoms with Gasteiger partial charge in [-0.25, -0.2) is 4.39 Å². The van der Waals surface area contributed by atoms with Crippen LogP contribution in [-0.4, -0.2) is 41.5 Å². The first-order valence-electron chi connectivity index (χ1n) is 7.26. The number of carbonyl (C=O) groups is 1. The number of nitrogens with zero attached hydrogens (tertiary/aromatic N) is 1. The van der Waals surface area contributed by atoms with E-state index in [0.717, 1.165) is 12.8 Å². The normalized spacial score (nSPS) is 11.3. The highest BCUT2D eigenvalue weighted by molar-refractivity contribution is 5.96. The van der Waals surface area contributed by atoms with Gasteiger partial charge in [-0.15, -0.1) is 0 Å². The smallest absolute Gasteiger partial charge is 0.164 e. The van der Waals surface area contributed by atoms with E-state index in [1.54, 1.807) is 12.1 Å². The van der Waals surface area contributed by atoms with Crippen LogP contribution in [0.15, 0.2) is 24.3 Å². The zero-order chi connectivity index (χ0) is 15.0. The molecule has 0 saturated carbocycles. The number of Topliss-reactive ketones (excluding diaryl/α,β-unsaturated/α-hetero) is 1. The highest BCUT2D eigenvalue weighted by Gasteiger charge is 2.16. The molecule has 0 spiro atoms. The van der Waals surface area contributed by atoms with Gasteiger partial charge in [-0.1, -0.05) is 26.0 Å². The van der Waals surface area contributed by atoms with Gasteiger partial charge in [0.15, 0.2) is 5.78 Å². The Kier molecular flexibility index (Phi) is 7.41. The zero-order valence-electron chi connectivity index (χ0n) is 12.3. The molecule has 1 aromatic rings. The fourth-order valence-electron chi connectivity index (χ4n) is 2.46. The highest BCUT2D eigenvalue weighted by atomic mass is 19.1. The maximum absolute atomic E-state index is 13.1. The predicted molar refractivity (Wildman–Crippen MR) is 78.4 cm³/mol. The van der Waals surface area contributed by atoms with E-state index < -0.39 is 0 Å². The summed E-state index contributed by atoms with van der Waals surface area (Å²) in [5, 5.41) is 9.12. The monoisotopic (exact) mass is 281 g/mol. The SMILES string of the molecule is CCC(CC)N(CCO)CCC(=O)c1cccc(F)c1. The van der Waals surface area contributed by atoms with E-state index in [2.05, 4.69) is 18.7 Å². The van der Waals surface area contributed by atoms with Crippen molar-refractivity contribution in [3.05, 3.63) is 35.6 Å². The van der Waals surface area contributed by atoms with Crippen molar-refractivity contribution >= 4 is 5.78 Å². The lowest BCUT2D eigenvalue weighted by molar-refractivity contribution is 0.0926. The maximum atomic E-state index is 13.1. The van der Waals surface area contributed by atoms with Crippen LogP contribution in [0, 0.1) is 5.82 Å². The van der Waals surface area contributed by atoms with E-state index in [9.17, 15) is 9.18 Å². The van der Waals surface area contributed by atoms with Crippen LogP contribution in [0.4, 0.5) is 4.39 Å². The second kappa shape index (κ2) is 8.82. The van der Waals surface area contributed by atoms with Crippen LogP contribution in [0.5, 0.6) is 0 Å². The number of rotatable bonds is 9. The van der Waals surface area contributed by atoms with Crippen LogP contribution < -0.4 is 0 Å². The third-order valence-corrected chi connectivity index (χ3v) is 3.62. The molecular formula is C16H24FNO2. The number of benzene rings is 1. The van der Waals surface area contributed by atoms with E-state index in [1.165, 1.54) is 12.1 Å². The molecule has 0 unspecified atom stereocenters.